The maximum absolute atomic E-state index is 11.9. The molecule has 1 fully saturated rings. The van der Waals surface area contributed by atoms with Crippen LogP contribution in [0.2, 0.25) is 0 Å². The minimum atomic E-state index is -0.522. The number of piperidine rings is 1. The number of amides is 1. The van der Waals surface area contributed by atoms with Gasteiger partial charge in [0.15, 0.2) is 0 Å². The summed E-state index contributed by atoms with van der Waals surface area (Å²) in [5.74, 6) is 0.800. The van der Waals surface area contributed by atoms with Crippen LogP contribution in [-0.2, 0) is 4.79 Å². The number of likely N-dealkylation sites (tertiary alicyclic amines) is 1. The Morgan fingerprint density at radius 3 is 2.95 bits per heavy atom. The molecule has 0 aliphatic carbocycles. The van der Waals surface area contributed by atoms with Crippen molar-refractivity contribution >= 4 is 17.2 Å². The molecule has 1 saturated heterocycles. The smallest absolute Gasteiger partial charge is 0.242 e. The third-order valence-corrected chi connectivity index (χ3v) is 4.91. The molecular weight excluding hydrogens is 270 g/mol. The minimum Gasteiger partial charge on any atom is -0.354 e. The van der Waals surface area contributed by atoms with Crippen LogP contribution in [0, 0.1) is 5.92 Å². The molecule has 4 nitrogen and oxygen atoms in total. The summed E-state index contributed by atoms with van der Waals surface area (Å²) in [5, 5.41) is 4.88. The van der Waals surface area contributed by atoms with E-state index in [4.69, 9.17) is 5.73 Å². The molecule has 1 aliphatic rings. The van der Waals surface area contributed by atoms with Gasteiger partial charge in [0.1, 0.15) is 6.04 Å². The van der Waals surface area contributed by atoms with Crippen molar-refractivity contribution in [2.75, 3.05) is 26.2 Å². The van der Waals surface area contributed by atoms with Crippen LogP contribution in [0.15, 0.2) is 17.5 Å². The molecule has 1 aliphatic heterocycles. The lowest BCUT2D eigenvalue weighted by atomic mass is 9.99. The van der Waals surface area contributed by atoms with E-state index in [-0.39, 0.29) is 5.91 Å². The first-order valence-corrected chi connectivity index (χ1v) is 8.34. The van der Waals surface area contributed by atoms with Crippen LogP contribution < -0.4 is 11.1 Å². The van der Waals surface area contributed by atoms with Gasteiger partial charge in [-0.25, -0.2) is 0 Å². The predicted octanol–water partition coefficient (Wildman–Crippen LogP) is 1.99. The summed E-state index contributed by atoms with van der Waals surface area (Å²) in [7, 11) is 0. The van der Waals surface area contributed by atoms with E-state index in [9.17, 15) is 4.79 Å². The molecule has 0 saturated carbocycles. The molecule has 20 heavy (non-hydrogen) atoms. The quantitative estimate of drug-likeness (QED) is 0.789. The van der Waals surface area contributed by atoms with Gasteiger partial charge in [-0.15, -0.1) is 11.3 Å². The molecule has 2 rings (SSSR count). The summed E-state index contributed by atoms with van der Waals surface area (Å²) in [5.41, 5.74) is 5.91. The number of thiophene rings is 1. The lowest BCUT2D eigenvalue weighted by molar-refractivity contribution is -0.122. The zero-order valence-electron chi connectivity index (χ0n) is 12.2. The Kier molecular flexibility index (Phi) is 6.01. The molecule has 0 bridgehead atoms. The van der Waals surface area contributed by atoms with Gasteiger partial charge in [0, 0.05) is 11.4 Å². The van der Waals surface area contributed by atoms with Crippen LogP contribution >= 0.6 is 11.3 Å². The molecule has 0 aromatic carbocycles. The van der Waals surface area contributed by atoms with E-state index in [0.717, 1.165) is 23.8 Å². The summed E-state index contributed by atoms with van der Waals surface area (Å²) < 4.78 is 0. The molecule has 112 valence electrons. The van der Waals surface area contributed by atoms with Crippen molar-refractivity contribution in [1.82, 2.24) is 10.2 Å². The van der Waals surface area contributed by atoms with Crippen LogP contribution in [0.5, 0.6) is 0 Å². The zero-order valence-corrected chi connectivity index (χ0v) is 13.0. The third kappa shape index (κ3) is 4.58. The fourth-order valence-electron chi connectivity index (χ4n) is 2.51. The van der Waals surface area contributed by atoms with E-state index >= 15 is 0 Å². The Hall–Kier alpha value is -0.910. The van der Waals surface area contributed by atoms with Crippen molar-refractivity contribution in [3.63, 3.8) is 0 Å². The Labute approximate surface area is 125 Å². The van der Waals surface area contributed by atoms with Crippen molar-refractivity contribution in [1.29, 1.82) is 0 Å². The number of carbonyl (C=O) groups is 1. The van der Waals surface area contributed by atoms with Crippen LogP contribution in [0.3, 0.4) is 0 Å². The molecule has 0 spiro atoms. The van der Waals surface area contributed by atoms with Crippen molar-refractivity contribution < 1.29 is 4.79 Å². The average Bonchev–Trinajstić information content (AvgIpc) is 2.98. The fourth-order valence-corrected chi connectivity index (χ4v) is 3.23. The highest BCUT2D eigenvalue weighted by molar-refractivity contribution is 7.10. The molecule has 1 amide bonds. The van der Waals surface area contributed by atoms with Crippen LogP contribution in [0.1, 0.15) is 37.1 Å². The van der Waals surface area contributed by atoms with E-state index in [0.29, 0.717) is 6.54 Å². The Bertz CT molecular complexity index is 399. The first-order valence-electron chi connectivity index (χ1n) is 7.46. The summed E-state index contributed by atoms with van der Waals surface area (Å²) in [4.78, 5) is 15.3. The van der Waals surface area contributed by atoms with Gasteiger partial charge in [-0.3, -0.25) is 4.79 Å². The summed E-state index contributed by atoms with van der Waals surface area (Å²) in [6, 6.07) is 3.31. The minimum absolute atomic E-state index is 0.0697. The van der Waals surface area contributed by atoms with Crippen molar-refractivity contribution in [3.8, 4) is 0 Å². The van der Waals surface area contributed by atoms with Gasteiger partial charge < -0.3 is 16.0 Å². The normalized spacial score (nSPS) is 18.9. The number of carbonyl (C=O) groups excluding carboxylic acids is 1. The molecule has 1 aromatic heterocycles. The van der Waals surface area contributed by atoms with Gasteiger partial charge in [-0.1, -0.05) is 13.0 Å². The monoisotopic (exact) mass is 295 g/mol. The number of hydrogen-bond donors (Lipinski definition) is 2. The Morgan fingerprint density at radius 1 is 1.55 bits per heavy atom. The Balaban J connectivity index is 1.60. The lowest BCUT2D eigenvalue weighted by Gasteiger charge is -2.30. The van der Waals surface area contributed by atoms with Gasteiger partial charge in [-0.05, 0) is 56.3 Å². The largest absolute Gasteiger partial charge is 0.354 e. The topological polar surface area (TPSA) is 58.4 Å². The molecule has 1 atom stereocenters. The molecule has 3 N–H and O–H groups in total. The third-order valence-electron chi connectivity index (χ3n) is 3.96. The van der Waals surface area contributed by atoms with E-state index in [2.05, 4.69) is 17.1 Å². The summed E-state index contributed by atoms with van der Waals surface area (Å²) in [6.07, 6.45) is 3.60. The number of rotatable bonds is 6. The maximum Gasteiger partial charge on any atom is 0.242 e. The van der Waals surface area contributed by atoms with Crippen LogP contribution in [-0.4, -0.2) is 37.0 Å². The highest BCUT2D eigenvalue weighted by atomic mass is 32.1. The molecule has 2 heterocycles. The number of hydrogen-bond acceptors (Lipinski definition) is 4. The van der Waals surface area contributed by atoms with Crippen molar-refractivity contribution in [3.05, 3.63) is 22.4 Å². The van der Waals surface area contributed by atoms with Gasteiger partial charge in [0.05, 0.1) is 0 Å². The van der Waals surface area contributed by atoms with E-state index < -0.39 is 6.04 Å². The first kappa shape index (κ1) is 15.5. The molecule has 1 unspecified atom stereocenters. The summed E-state index contributed by atoms with van der Waals surface area (Å²) >= 11 is 1.53. The standard InChI is InChI=1S/C15H25N3OS/c1-12-5-9-18(10-6-12)8-3-7-17-15(19)14(16)13-4-2-11-20-13/h2,4,11-12,14H,3,5-10,16H2,1H3,(H,17,19). The predicted molar refractivity (Wildman–Crippen MR) is 83.7 cm³/mol. The van der Waals surface area contributed by atoms with E-state index in [1.165, 1.54) is 37.3 Å². The number of nitrogens with two attached hydrogens (primary N) is 1. The van der Waals surface area contributed by atoms with Gasteiger partial charge in [-0.2, -0.15) is 0 Å². The second kappa shape index (κ2) is 7.76. The maximum atomic E-state index is 11.9. The Morgan fingerprint density at radius 2 is 2.30 bits per heavy atom. The highest BCUT2D eigenvalue weighted by Crippen LogP contribution is 2.17. The van der Waals surface area contributed by atoms with Crippen LogP contribution in [0.25, 0.3) is 0 Å². The fraction of sp³-hybridized carbons (Fsp3) is 0.667. The summed E-state index contributed by atoms with van der Waals surface area (Å²) in [6.45, 7) is 6.50. The van der Waals surface area contributed by atoms with E-state index in [1.807, 2.05) is 17.5 Å². The van der Waals surface area contributed by atoms with Gasteiger partial charge >= 0.3 is 0 Å². The van der Waals surface area contributed by atoms with Gasteiger partial charge in [0.25, 0.3) is 0 Å². The molecule has 0 radical (unpaired) electrons. The average molecular weight is 295 g/mol. The van der Waals surface area contributed by atoms with E-state index in [1.54, 1.807) is 0 Å². The first-order chi connectivity index (χ1) is 9.66. The molecule has 5 heteroatoms. The zero-order chi connectivity index (χ0) is 14.4. The van der Waals surface area contributed by atoms with Crippen molar-refractivity contribution in [2.24, 2.45) is 11.7 Å². The van der Waals surface area contributed by atoms with Crippen molar-refractivity contribution in [2.45, 2.75) is 32.2 Å². The second-order valence-electron chi connectivity index (χ2n) is 5.66. The van der Waals surface area contributed by atoms with Crippen LogP contribution in [0.4, 0.5) is 0 Å². The SMILES string of the molecule is CC1CCN(CCCNC(=O)C(N)c2cccs2)CC1. The second-order valence-corrected chi connectivity index (χ2v) is 6.64. The number of nitrogens with one attached hydrogen (secondary N) is 1. The molecule has 1 aromatic rings. The lowest BCUT2D eigenvalue weighted by Crippen LogP contribution is -2.37. The van der Waals surface area contributed by atoms with Gasteiger partial charge in [0.2, 0.25) is 5.91 Å². The number of nitrogens with zero attached hydrogens (tertiary/aromatic N) is 1. The highest BCUT2D eigenvalue weighted by Gasteiger charge is 2.17. The molecular formula is C15H25N3OS.